The van der Waals surface area contributed by atoms with Crippen molar-refractivity contribution in [2.24, 2.45) is 5.10 Å². The largest absolute Gasteiger partial charge is 0.442 e. The van der Waals surface area contributed by atoms with E-state index in [1.807, 2.05) is 0 Å². The fraction of sp³-hybridized carbons (Fsp3) is 0.467. The van der Waals surface area contributed by atoms with Crippen LogP contribution in [0.3, 0.4) is 0 Å². The van der Waals surface area contributed by atoms with Crippen LogP contribution in [-0.2, 0) is 4.74 Å². The summed E-state index contributed by atoms with van der Waals surface area (Å²) in [5.41, 5.74) is -4.29. The number of hydrogen-bond donors (Lipinski definition) is 1. The van der Waals surface area contributed by atoms with Crippen LogP contribution < -0.4 is 0 Å². The summed E-state index contributed by atoms with van der Waals surface area (Å²) in [6, 6.07) is 5.86. The summed E-state index contributed by atoms with van der Waals surface area (Å²) in [5, 5.41) is 14.1. The van der Waals surface area contributed by atoms with Crippen LogP contribution in [0.4, 0.5) is 18.0 Å². The van der Waals surface area contributed by atoms with Gasteiger partial charge in [0.2, 0.25) is 0 Å². The number of alkyl halides is 3. The summed E-state index contributed by atoms with van der Waals surface area (Å²) in [4.78, 5) is 12.1. The lowest BCUT2D eigenvalue weighted by Gasteiger charge is -2.33. The molecule has 1 aliphatic rings. The van der Waals surface area contributed by atoms with Gasteiger partial charge >= 0.3 is 12.3 Å². The molecule has 0 radical (unpaired) electrons. The van der Waals surface area contributed by atoms with E-state index in [1.165, 1.54) is 45.0 Å². The summed E-state index contributed by atoms with van der Waals surface area (Å²) in [6.45, 7) is 4.49. The first-order valence-electron chi connectivity index (χ1n) is 6.99. The Morgan fingerprint density at radius 1 is 1.29 bits per heavy atom. The van der Waals surface area contributed by atoms with Crippen molar-refractivity contribution in [3.8, 4) is 0 Å². The van der Waals surface area contributed by atoms with Crippen molar-refractivity contribution in [2.45, 2.75) is 44.7 Å². The van der Waals surface area contributed by atoms with Crippen LogP contribution in [0.1, 0.15) is 32.8 Å². The Bertz CT molecular complexity index is 668. The van der Waals surface area contributed by atoms with E-state index in [2.05, 4.69) is 5.10 Å². The maximum absolute atomic E-state index is 13.3. The Kier molecular flexibility index (Phi) is 4.58. The average Bonchev–Trinajstić information content (AvgIpc) is 2.76. The van der Waals surface area contributed by atoms with Gasteiger partial charge in [-0.15, -0.1) is 0 Å². The van der Waals surface area contributed by atoms with E-state index < -0.39 is 30.0 Å². The van der Waals surface area contributed by atoms with Crippen molar-refractivity contribution in [3.05, 3.63) is 34.9 Å². The molecule has 1 aromatic rings. The molecule has 1 atom stereocenters. The molecule has 1 heterocycles. The number of ether oxygens (including phenoxy) is 1. The number of halogens is 4. The Balaban J connectivity index is 2.41. The molecule has 0 aliphatic carbocycles. The molecule has 0 fully saturated rings. The highest BCUT2D eigenvalue weighted by Gasteiger charge is 2.64. The van der Waals surface area contributed by atoms with Gasteiger partial charge < -0.3 is 9.84 Å². The number of hydrogen-bond acceptors (Lipinski definition) is 4. The molecule has 1 amide bonds. The van der Waals surface area contributed by atoms with Crippen molar-refractivity contribution >= 4 is 23.4 Å². The highest BCUT2D eigenvalue weighted by Crippen LogP contribution is 2.42. The van der Waals surface area contributed by atoms with Gasteiger partial charge in [-0.3, -0.25) is 0 Å². The number of hydrazone groups is 1. The number of benzene rings is 1. The molecular weight excluding hydrogens is 349 g/mol. The van der Waals surface area contributed by atoms with E-state index in [1.54, 1.807) is 0 Å². The second kappa shape index (κ2) is 5.93. The summed E-state index contributed by atoms with van der Waals surface area (Å²) in [7, 11) is 0. The lowest BCUT2D eigenvalue weighted by Crippen LogP contribution is -2.57. The Morgan fingerprint density at radius 3 is 2.29 bits per heavy atom. The topological polar surface area (TPSA) is 62.1 Å². The molecule has 5 nitrogen and oxygen atoms in total. The third kappa shape index (κ3) is 3.64. The number of rotatable bonds is 1. The third-order valence-electron chi connectivity index (χ3n) is 3.18. The lowest BCUT2D eigenvalue weighted by molar-refractivity contribution is -0.300. The average molecular weight is 365 g/mol. The van der Waals surface area contributed by atoms with Gasteiger partial charge in [-0.25, -0.2) is 4.79 Å². The number of aliphatic hydroxyl groups is 1. The first-order chi connectivity index (χ1) is 10.8. The van der Waals surface area contributed by atoms with Gasteiger partial charge in [-0.2, -0.15) is 23.3 Å². The second-order valence-corrected chi connectivity index (χ2v) is 6.77. The van der Waals surface area contributed by atoms with E-state index >= 15 is 0 Å². The van der Waals surface area contributed by atoms with Crippen molar-refractivity contribution in [1.29, 1.82) is 0 Å². The van der Waals surface area contributed by atoms with Gasteiger partial charge in [0.25, 0.3) is 5.72 Å². The summed E-state index contributed by atoms with van der Waals surface area (Å²) < 4.78 is 45.0. The lowest BCUT2D eigenvalue weighted by atomic mass is 10.0. The number of carbonyl (C=O) groups excluding carboxylic acids is 1. The first-order valence-corrected chi connectivity index (χ1v) is 7.37. The molecule has 1 N–H and O–H groups in total. The van der Waals surface area contributed by atoms with Crippen molar-refractivity contribution in [3.63, 3.8) is 0 Å². The van der Waals surface area contributed by atoms with Crippen LogP contribution >= 0.6 is 11.6 Å². The maximum atomic E-state index is 13.3. The fourth-order valence-corrected chi connectivity index (χ4v) is 2.19. The van der Waals surface area contributed by atoms with Gasteiger partial charge in [-0.1, -0.05) is 23.7 Å². The molecule has 24 heavy (non-hydrogen) atoms. The number of amides is 1. The normalized spacial score (nSPS) is 21.7. The Hall–Kier alpha value is -1.80. The smallest absolute Gasteiger partial charge is 0.439 e. The minimum Gasteiger partial charge on any atom is -0.442 e. The molecule has 0 spiro atoms. The van der Waals surface area contributed by atoms with Gasteiger partial charge in [0.05, 0.1) is 12.1 Å². The van der Waals surface area contributed by atoms with Crippen molar-refractivity contribution < 1.29 is 27.8 Å². The third-order valence-corrected chi connectivity index (χ3v) is 3.43. The van der Waals surface area contributed by atoms with Crippen LogP contribution in [0.25, 0.3) is 0 Å². The quantitative estimate of drug-likeness (QED) is 0.821. The summed E-state index contributed by atoms with van der Waals surface area (Å²) in [5.74, 6) is 0. The summed E-state index contributed by atoms with van der Waals surface area (Å²) >= 11 is 5.74. The zero-order valence-electron chi connectivity index (χ0n) is 13.2. The molecule has 0 saturated heterocycles. The van der Waals surface area contributed by atoms with E-state index in [0.29, 0.717) is 10.6 Å². The molecule has 1 aromatic carbocycles. The molecule has 0 unspecified atom stereocenters. The van der Waals surface area contributed by atoms with Crippen molar-refractivity contribution in [1.82, 2.24) is 5.01 Å². The van der Waals surface area contributed by atoms with E-state index in [-0.39, 0.29) is 10.7 Å². The van der Waals surface area contributed by atoms with Crippen LogP contribution in [0.15, 0.2) is 29.4 Å². The summed E-state index contributed by atoms with van der Waals surface area (Å²) in [6.07, 6.45) is -7.40. The second-order valence-electron chi connectivity index (χ2n) is 6.34. The molecule has 1 aliphatic heterocycles. The zero-order chi connectivity index (χ0) is 18.3. The molecule has 9 heteroatoms. The molecular formula is C15H16ClF3N2O3. The Morgan fingerprint density at radius 2 is 1.83 bits per heavy atom. The van der Waals surface area contributed by atoms with Crippen LogP contribution in [0.2, 0.25) is 5.02 Å². The number of nitrogens with zero attached hydrogens (tertiary/aromatic N) is 2. The van der Waals surface area contributed by atoms with Crippen LogP contribution in [0, 0.1) is 0 Å². The van der Waals surface area contributed by atoms with Gasteiger partial charge in [-0.05, 0) is 38.5 Å². The Labute approximate surface area is 141 Å². The standard InChI is InChI=1S/C15H16ClF3N2O3/c1-13(2,3)24-12(22)21-14(23,15(17,18)19)8-11(20-21)9-4-6-10(16)7-5-9/h4-7,23H,8H2,1-3H3/t14-/m0/s1. The predicted molar refractivity (Wildman–Crippen MR) is 81.7 cm³/mol. The maximum Gasteiger partial charge on any atom is 0.439 e. The van der Waals surface area contributed by atoms with E-state index in [0.717, 1.165) is 0 Å². The predicted octanol–water partition coefficient (Wildman–Crippen LogP) is 3.94. The van der Waals surface area contributed by atoms with Crippen LogP contribution in [0.5, 0.6) is 0 Å². The number of carbonyl (C=O) groups is 1. The molecule has 0 aromatic heterocycles. The highest BCUT2D eigenvalue weighted by molar-refractivity contribution is 6.30. The first kappa shape index (κ1) is 18.5. The van der Waals surface area contributed by atoms with Gasteiger partial charge in [0, 0.05) is 5.02 Å². The van der Waals surface area contributed by atoms with E-state index in [9.17, 15) is 23.1 Å². The highest BCUT2D eigenvalue weighted by atomic mass is 35.5. The van der Waals surface area contributed by atoms with E-state index in [4.69, 9.17) is 16.3 Å². The van der Waals surface area contributed by atoms with Crippen LogP contribution in [-0.4, -0.2) is 39.4 Å². The minimum absolute atomic E-state index is 0.0534. The van der Waals surface area contributed by atoms with Crippen molar-refractivity contribution in [2.75, 3.05) is 0 Å². The fourth-order valence-electron chi connectivity index (χ4n) is 2.07. The molecule has 132 valence electrons. The molecule has 2 rings (SSSR count). The monoisotopic (exact) mass is 364 g/mol. The molecule has 0 saturated carbocycles. The van der Waals surface area contributed by atoms with Gasteiger partial charge in [0.1, 0.15) is 5.60 Å². The zero-order valence-corrected chi connectivity index (χ0v) is 13.9. The molecule has 0 bridgehead atoms. The van der Waals surface area contributed by atoms with Gasteiger partial charge in [0.15, 0.2) is 0 Å². The minimum atomic E-state index is -5.11. The SMILES string of the molecule is CC(C)(C)OC(=O)N1N=C(c2ccc(Cl)cc2)C[C@]1(O)C(F)(F)F.